The quantitative estimate of drug-likeness (QED) is 0.801. The molecule has 0 atom stereocenters. The van der Waals surface area contributed by atoms with Gasteiger partial charge in [0.2, 0.25) is 5.95 Å². The van der Waals surface area contributed by atoms with E-state index in [9.17, 15) is 4.79 Å². The van der Waals surface area contributed by atoms with Crippen LogP contribution in [0.2, 0.25) is 5.02 Å². The first kappa shape index (κ1) is 18.5. The van der Waals surface area contributed by atoms with Crippen molar-refractivity contribution in [3.63, 3.8) is 0 Å². The van der Waals surface area contributed by atoms with Crippen LogP contribution in [-0.2, 0) is 11.2 Å². The van der Waals surface area contributed by atoms with Crippen LogP contribution in [0.15, 0.2) is 24.3 Å². The van der Waals surface area contributed by atoms with Gasteiger partial charge < -0.3 is 10.4 Å². The highest BCUT2D eigenvalue weighted by Gasteiger charge is 2.21. The Bertz CT molecular complexity index is 778. The van der Waals surface area contributed by atoms with Crippen LogP contribution >= 0.6 is 11.6 Å². The first-order valence-corrected chi connectivity index (χ1v) is 9.13. The summed E-state index contributed by atoms with van der Waals surface area (Å²) in [5.74, 6) is 1.10. The first-order chi connectivity index (χ1) is 12.5. The van der Waals surface area contributed by atoms with Crippen LogP contribution in [0.4, 0.5) is 5.95 Å². The normalized spacial score (nSPS) is 15.8. The van der Waals surface area contributed by atoms with Crippen LogP contribution < -0.4 is 5.32 Å². The van der Waals surface area contributed by atoms with E-state index in [1.54, 1.807) is 0 Å². The average molecular weight is 376 g/mol. The van der Waals surface area contributed by atoms with Crippen molar-refractivity contribution >= 4 is 23.5 Å². The standard InChI is InChI=1S/C18H22ClN5O2/c1-2-15-21-17(12-4-3-5-13(19)10-12)23-18(22-15)20-14-6-8-24(9-7-14)11-16(25)26/h3-5,10,14H,2,6-9,11H2,1H3,(H,25,26)(H,20,21,22,23). The molecule has 1 aromatic heterocycles. The molecule has 1 aliphatic rings. The Hall–Kier alpha value is -2.25. The van der Waals surface area contributed by atoms with Crippen LogP contribution in [0.3, 0.4) is 0 Å². The van der Waals surface area contributed by atoms with Crippen molar-refractivity contribution in [3.8, 4) is 11.4 Å². The van der Waals surface area contributed by atoms with Crippen LogP contribution in [0.5, 0.6) is 0 Å². The van der Waals surface area contributed by atoms with E-state index in [2.05, 4.69) is 20.3 Å². The third kappa shape index (κ3) is 4.89. The zero-order valence-corrected chi connectivity index (χ0v) is 15.4. The number of nitrogens with zero attached hydrogens (tertiary/aromatic N) is 4. The summed E-state index contributed by atoms with van der Waals surface area (Å²) < 4.78 is 0. The van der Waals surface area contributed by atoms with Crippen LogP contribution in [0.1, 0.15) is 25.6 Å². The fourth-order valence-electron chi connectivity index (χ4n) is 3.01. The second-order valence-electron chi connectivity index (χ2n) is 6.35. The highest BCUT2D eigenvalue weighted by molar-refractivity contribution is 6.30. The molecule has 0 amide bonds. The van der Waals surface area contributed by atoms with Gasteiger partial charge in [0.15, 0.2) is 5.82 Å². The van der Waals surface area contributed by atoms with Crippen LogP contribution in [-0.4, -0.2) is 56.6 Å². The maximum absolute atomic E-state index is 10.8. The molecule has 0 saturated carbocycles. The number of benzene rings is 1. The molecule has 1 aliphatic heterocycles. The maximum atomic E-state index is 10.8. The number of aromatic nitrogens is 3. The Kier molecular flexibility index (Phi) is 6.00. The lowest BCUT2D eigenvalue weighted by atomic mass is 10.1. The monoisotopic (exact) mass is 375 g/mol. The number of rotatable bonds is 6. The molecule has 2 aromatic rings. The number of carbonyl (C=O) groups is 1. The van der Waals surface area contributed by atoms with Crippen molar-refractivity contribution in [3.05, 3.63) is 35.1 Å². The SMILES string of the molecule is CCc1nc(NC2CCN(CC(=O)O)CC2)nc(-c2cccc(Cl)c2)n1. The van der Waals surface area contributed by atoms with Gasteiger partial charge in [0.05, 0.1) is 6.54 Å². The summed E-state index contributed by atoms with van der Waals surface area (Å²) in [7, 11) is 0. The van der Waals surface area contributed by atoms with Gasteiger partial charge in [-0.2, -0.15) is 9.97 Å². The summed E-state index contributed by atoms with van der Waals surface area (Å²) >= 11 is 6.08. The van der Waals surface area contributed by atoms with E-state index < -0.39 is 5.97 Å². The molecule has 8 heteroatoms. The van der Waals surface area contributed by atoms with Gasteiger partial charge in [-0.3, -0.25) is 9.69 Å². The molecule has 2 heterocycles. The molecule has 0 radical (unpaired) electrons. The summed E-state index contributed by atoms with van der Waals surface area (Å²) in [4.78, 5) is 26.3. The average Bonchev–Trinajstić information content (AvgIpc) is 2.62. The number of anilines is 1. The molecular formula is C18H22ClN5O2. The highest BCUT2D eigenvalue weighted by atomic mass is 35.5. The van der Waals surface area contributed by atoms with E-state index in [-0.39, 0.29) is 12.6 Å². The maximum Gasteiger partial charge on any atom is 0.317 e. The predicted octanol–water partition coefficient (Wildman–Crippen LogP) is 2.72. The van der Waals surface area contributed by atoms with E-state index >= 15 is 0 Å². The fraction of sp³-hybridized carbons (Fsp3) is 0.444. The topological polar surface area (TPSA) is 91.2 Å². The molecule has 0 spiro atoms. The van der Waals surface area contributed by atoms with E-state index in [1.165, 1.54) is 0 Å². The summed E-state index contributed by atoms with van der Waals surface area (Å²) in [5.41, 5.74) is 0.855. The lowest BCUT2D eigenvalue weighted by Crippen LogP contribution is -2.41. The van der Waals surface area contributed by atoms with Gasteiger partial charge in [0.25, 0.3) is 0 Å². The van der Waals surface area contributed by atoms with E-state index in [4.69, 9.17) is 16.7 Å². The molecule has 2 N–H and O–H groups in total. The molecule has 0 unspecified atom stereocenters. The number of halogens is 1. The Morgan fingerprint density at radius 1 is 1.31 bits per heavy atom. The highest BCUT2D eigenvalue weighted by Crippen LogP contribution is 2.21. The lowest BCUT2D eigenvalue weighted by molar-refractivity contribution is -0.138. The van der Waals surface area contributed by atoms with Crippen molar-refractivity contribution in [2.75, 3.05) is 25.0 Å². The number of carboxylic acid groups (broad SMARTS) is 1. The van der Waals surface area contributed by atoms with Crippen molar-refractivity contribution in [2.24, 2.45) is 0 Å². The van der Waals surface area contributed by atoms with E-state index in [1.807, 2.05) is 36.1 Å². The smallest absolute Gasteiger partial charge is 0.317 e. The number of aryl methyl sites for hydroxylation is 1. The van der Waals surface area contributed by atoms with Crippen molar-refractivity contribution < 1.29 is 9.90 Å². The molecule has 26 heavy (non-hydrogen) atoms. The molecule has 1 aromatic carbocycles. The molecule has 3 rings (SSSR count). The van der Waals surface area contributed by atoms with E-state index in [0.717, 1.165) is 37.3 Å². The number of aliphatic carboxylic acids is 1. The number of carboxylic acids is 1. The summed E-state index contributed by atoms with van der Waals surface area (Å²) in [6.07, 6.45) is 2.42. The molecular weight excluding hydrogens is 354 g/mol. The van der Waals surface area contributed by atoms with Gasteiger partial charge in [-0.15, -0.1) is 0 Å². The van der Waals surface area contributed by atoms with Crippen molar-refractivity contribution in [1.82, 2.24) is 19.9 Å². The lowest BCUT2D eigenvalue weighted by Gasteiger charge is -2.31. The fourth-order valence-corrected chi connectivity index (χ4v) is 3.20. The van der Waals surface area contributed by atoms with Crippen LogP contribution in [0.25, 0.3) is 11.4 Å². The molecule has 0 bridgehead atoms. The van der Waals surface area contributed by atoms with Gasteiger partial charge in [-0.25, -0.2) is 4.98 Å². The summed E-state index contributed by atoms with van der Waals surface area (Å²) in [6.45, 7) is 3.59. The minimum absolute atomic E-state index is 0.0946. The Morgan fingerprint density at radius 2 is 2.08 bits per heavy atom. The minimum Gasteiger partial charge on any atom is -0.480 e. The zero-order valence-electron chi connectivity index (χ0n) is 14.7. The number of likely N-dealkylation sites (tertiary alicyclic amines) is 1. The van der Waals surface area contributed by atoms with E-state index in [0.29, 0.717) is 23.2 Å². The molecule has 138 valence electrons. The number of hydrogen-bond donors (Lipinski definition) is 2. The van der Waals surface area contributed by atoms with Gasteiger partial charge in [0.1, 0.15) is 5.82 Å². The summed E-state index contributed by atoms with van der Waals surface area (Å²) in [5, 5.41) is 12.9. The molecule has 1 saturated heterocycles. The molecule has 7 nitrogen and oxygen atoms in total. The van der Waals surface area contributed by atoms with Gasteiger partial charge in [-0.1, -0.05) is 30.7 Å². The summed E-state index contributed by atoms with van der Waals surface area (Å²) in [6, 6.07) is 7.67. The molecule has 1 fully saturated rings. The minimum atomic E-state index is -0.785. The Morgan fingerprint density at radius 3 is 2.73 bits per heavy atom. The Labute approximate surface area is 157 Å². The first-order valence-electron chi connectivity index (χ1n) is 8.75. The van der Waals surface area contributed by atoms with Crippen molar-refractivity contribution in [2.45, 2.75) is 32.2 Å². The second kappa shape index (κ2) is 8.42. The number of piperidine rings is 1. The van der Waals surface area contributed by atoms with Gasteiger partial charge in [0, 0.05) is 36.1 Å². The molecule has 0 aliphatic carbocycles. The van der Waals surface area contributed by atoms with Gasteiger partial charge >= 0.3 is 5.97 Å². The second-order valence-corrected chi connectivity index (χ2v) is 6.79. The number of hydrogen-bond acceptors (Lipinski definition) is 6. The van der Waals surface area contributed by atoms with Crippen molar-refractivity contribution in [1.29, 1.82) is 0 Å². The van der Waals surface area contributed by atoms with Crippen LogP contribution in [0, 0.1) is 0 Å². The zero-order chi connectivity index (χ0) is 18.5. The Balaban J connectivity index is 1.72. The predicted molar refractivity (Wildman–Crippen MR) is 100 cm³/mol. The number of nitrogens with one attached hydrogen (secondary N) is 1. The third-order valence-electron chi connectivity index (χ3n) is 4.36. The largest absolute Gasteiger partial charge is 0.480 e. The van der Waals surface area contributed by atoms with Gasteiger partial charge in [-0.05, 0) is 25.0 Å². The third-order valence-corrected chi connectivity index (χ3v) is 4.60.